The molecule has 23 nitrogen and oxygen atoms in total. The summed E-state index contributed by atoms with van der Waals surface area (Å²) in [5.74, 6) is -0.527. The average molecular weight is 1090 g/mol. The summed E-state index contributed by atoms with van der Waals surface area (Å²) in [6.45, 7) is 6.90. The van der Waals surface area contributed by atoms with Crippen LogP contribution in [0.25, 0.3) is 21.5 Å². The van der Waals surface area contributed by atoms with Crippen molar-refractivity contribution in [2.45, 2.75) is 47.3 Å². The van der Waals surface area contributed by atoms with E-state index >= 15 is 0 Å². The van der Waals surface area contributed by atoms with Crippen molar-refractivity contribution in [3.63, 3.8) is 0 Å². The summed E-state index contributed by atoms with van der Waals surface area (Å²) in [6, 6.07) is 30.5. The molecule has 0 spiro atoms. The number of hydrogen-bond acceptors (Lipinski definition) is 19. The van der Waals surface area contributed by atoms with Crippen molar-refractivity contribution in [1.82, 2.24) is 0 Å². The summed E-state index contributed by atoms with van der Waals surface area (Å²) in [5.41, 5.74) is 4.64. The van der Waals surface area contributed by atoms with Crippen LogP contribution < -0.4 is 0 Å². The molecule has 0 saturated heterocycles. The molecule has 8 aromatic rings. The van der Waals surface area contributed by atoms with E-state index in [1.54, 1.807) is 94.4 Å². The molecule has 0 heterocycles. The number of rotatable bonds is 14. The molecule has 8 aromatic carbocycles. The Morgan fingerprint density at radius 3 is 1.32 bits per heavy atom. The largest absolute Gasteiger partial charge is 0.505 e. The first kappa shape index (κ1) is 53.0. The third-order valence-electron chi connectivity index (χ3n) is 11.1. The van der Waals surface area contributed by atoms with Crippen LogP contribution in [0.3, 0.4) is 0 Å². The molecule has 5 N–H and O–H groups in total. The fraction of sp³-hybridized carbons (Fsp3) is 0.0833. The maximum absolute atomic E-state index is 12.5. The van der Waals surface area contributed by atoms with Gasteiger partial charge in [0.1, 0.15) is 26.1 Å². The standard InChI is InChI=1S/C48H38N10O13S4/c1-26-16-34(52-55-41-18-29(4)42(19-28(41)3)56-58-47-46(75(69,70)71)23-30-20-35(10-13-37(30)48(47)59)50-49-32-8-6-5-7-9-32)11-14-39(26)53-51-33-12-15-40(27(2)17-33)54-57-43-25-38-31(22-45(43)74(66,67)68)21-36(72(60,61)62)24-44(38)73(63,64)65/h5-25,59H,1-4H3,(H,60,61,62)(H,63,64,65)(H,66,67,68)(H,69,70,71). The van der Waals surface area contributed by atoms with Crippen molar-refractivity contribution in [2.75, 3.05) is 0 Å². The van der Waals surface area contributed by atoms with Crippen LogP contribution >= 0.6 is 0 Å². The highest BCUT2D eigenvalue weighted by atomic mass is 32.2. The van der Waals surface area contributed by atoms with Crippen molar-refractivity contribution >= 4 is 119 Å². The molecule has 0 aromatic heterocycles. The molecule has 0 atom stereocenters. The molecule has 0 aliphatic carbocycles. The first-order valence-electron chi connectivity index (χ1n) is 21.5. The van der Waals surface area contributed by atoms with Gasteiger partial charge in [-0.15, -0.1) is 10.2 Å². The van der Waals surface area contributed by atoms with Crippen LogP contribution in [0.15, 0.2) is 198 Å². The Morgan fingerprint density at radius 2 is 0.773 bits per heavy atom. The summed E-state index contributed by atoms with van der Waals surface area (Å²) < 4.78 is 137. The van der Waals surface area contributed by atoms with Gasteiger partial charge in [0.05, 0.1) is 50.4 Å². The lowest BCUT2D eigenvalue weighted by molar-refractivity contribution is 0.472. The van der Waals surface area contributed by atoms with Gasteiger partial charge in [-0.3, -0.25) is 18.2 Å². The van der Waals surface area contributed by atoms with Crippen molar-refractivity contribution in [2.24, 2.45) is 51.1 Å². The van der Waals surface area contributed by atoms with Crippen molar-refractivity contribution in [3.05, 3.63) is 150 Å². The maximum Gasteiger partial charge on any atom is 0.296 e. The molecule has 8 rings (SSSR count). The number of benzene rings is 8. The second-order valence-corrected chi connectivity index (χ2v) is 22.1. The zero-order chi connectivity index (χ0) is 54.2. The average Bonchev–Trinajstić information content (AvgIpc) is 3.33. The summed E-state index contributed by atoms with van der Waals surface area (Å²) in [5, 5.41) is 53.0. The molecule has 382 valence electrons. The normalized spacial score (nSPS) is 13.0. The van der Waals surface area contributed by atoms with Crippen LogP contribution in [0.2, 0.25) is 0 Å². The summed E-state index contributed by atoms with van der Waals surface area (Å²) in [6.07, 6.45) is 0. The third-order valence-corrected chi connectivity index (χ3v) is 14.6. The Hall–Kier alpha value is -8.28. The van der Waals surface area contributed by atoms with Crippen molar-refractivity contribution in [3.8, 4) is 5.75 Å². The van der Waals surface area contributed by atoms with Crippen LogP contribution in [0, 0.1) is 27.7 Å². The van der Waals surface area contributed by atoms with Crippen LogP contribution in [-0.2, 0) is 40.5 Å². The van der Waals surface area contributed by atoms with E-state index in [-0.39, 0.29) is 16.5 Å². The van der Waals surface area contributed by atoms with Crippen LogP contribution in [-0.4, -0.2) is 57.0 Å². The predicted octanol–water partition coefficient (Wildman–Crippen LogP) is 14.0. The minimum atomic E-state index is -5.14. The fourth-order valence-corrected chi connectivity index (χ4v) is 9.98. The van der Waals surface area contributed by atoms with E-state index in [9.17, 15) is 57.0 Å². The van der Waals surface area contributed by atoms with Crippen molar-refractivity contribution < 1.29 is 57.0 Å². The highest BCUT2D eigenvalue weighted by Gasteiger charge is 2.26. The van der Waals surface area contributed by atoms with E-state index in [4.69, 9.17) is 0 Å². The van der Waals surface area contributed by atoms with Gasteiger partial charge in [0.25, 0.3) is 40.5 Å². The van der Waals surface area contributed by atoms with Gasteiger partial charge < -0.3 is 5.11 Å². The number of phenolic OH excluding ortho intramolecular Hbond substituents is 1. The van der Waals surface area contributed by atoms with Gasteiger partial charge in [0.15, 0.2) is 5.75 Å². The number of aryl methyl sites for hydroxylation is 4. The van der Waals surface area contributed by atoms with E-state index in [2.05, 4.69) is 51.1 Å². The predicted molar refractivity (Wildman–Crippen MR) is 274 cm³/mol. The molecule has 0 amide bonds. The first-order valence-corrected chi connectivity index (χ1v) is 27.3. The number of phenols is 1. The third kappa shape index (κ3) is 12.2. The quantitative estimate of drug-likeness (QED) is 0.0500. The zero-order valence-corrected chi connectivity index (χ0v) is 42.5. The Bertz CT molecular complexity index is 4310. The molecular formula is C48H38N10O13S4. The van der Waals surface area contributed by atoms with Gasteiger partial charge >= 0.3 is 0 Å². The maximum atomic E-state index is 12.5. The second kappa shape index (κ2) is 20.6. The minimum absolute atomic E-state index is 0.192. The molecule has 0 unspecified atom stereocenters. The van der Waals surface area contributed by atoms with Gasteiger partial charge in [0.2, 0.25) is 0 Å². The van der Waals surface area contributed by atoms with E-state index < -0.39 is 88.0 Å². The molecular weight excluding hydrogens is 1050 g/mol. The van der Waals surface area contributed by atoms with Crippen LogP contribution in [0.4, 0.5) is 56.9 Å². The number of fused-ring (bicyclic) bond motifs is 2. The number of azo groups is 5. The Balaban J connectivity index is 0.975. The summed E-state index contributed by atoms with van der Waals surface area (Å²) >= 11 is 0. The Kier molecular flexibility index (Phi) is 14.5. The first-order chi connectivity index (χ1) is 35.2. The molecule has 0 bridgehead atoms. The highest BCUT2D eigenvalue weighted by Crippen LogP contribution is 2.44. The van der Waals surface area contributed by atoms with Gasteiger partial charge in [-0.1, -0.05) is 18.2 Å². The van der Waals surface area contributed by atoms with E-state index in [1.807, 2.05) is 6.07 Å². The topological polar surface area (TPSA) is 361 Å². The van der Waals surface area contributed by atoms with Gasteiger partial charge in [-0.05, 0) is 170 Å². The van der Waals surface area contributed by atoms with Crippen LogP contribution in [0.5, 0.6) is 5.75 Å². The lowest BCUT2D eigenvalue weighted by atomic mass is 10.1. The van der Waals surface area contributed by atoms with Gasteiger partial charge in [0, 0.05) is 10.8 Å². The molecule has 0 radical (unpaired) electrons. The monoisotopic (exact) mass is 1090 g/mol. The fourth-order valence-electron chi connectivity index (χ4n) is 7.33. The summed E-state index contributed by atoms with van der Waals surface area (Å²) in [7, 11) is -20.1. The zero-order valence-electron chi connectivity index (χ0n) is 39.2. The van der Waals surface area contributed by atoms with Gasteiger partial charge in [-0.2, -0.15) is 74.6 Å². The smallest absolute Gasteiger partial charge is 0.296 e. The minimum Gasteiger partial charge on any atom is -0.505 e. The number of nitrogens with zero attached hydrogens (tertiary/aromatic N) is 10. The second-order valence-electron chi connectivity index (χ2n) is 16.5. The Morgan fingerprint density at radius 1 is 0.333 bits per heavy atom. The van der Waals surface area contributed by atoms with E-state index in [0.717, 1.165) is 18.2 Å². The lowest BCUT2D eigenvalue weighted by Gasteiger charge is -2.10. The van der Waals surface area contributed by atoms with Crippen LogP contribution in [0.1, 0.15) is 22.3 Å². The lowest BCUT2D eigenvalue weighted by Crippen LogP contribution is -2.05. The summed E-state index contributed by atoms with van der Waals surface area (Å²) in [4.78, 5) is -3.52. The van der Waals surface area contributed by atoms with Gasteiger partial charge in [-0.25, -0.2) is 0 Å². The molecule has 75 heavy (non-hydrogen) atoms. The molecule has 0 aliphatic heterocycles. The Labute approximate surface area is 427 Å². The van der Waals surface area contributed by atoms with Crippen molar-refractivity contribution in [1.29, 1.82) is 0 Å². The molecule has 0 aliphatic rings. The van der Waals surface area contributed by atoms with E-state index in [0.29, 0.717) is 74.2 Å². The number of hydrogen-bond donors (Lipinski definition) is 5. The molecule has 0 saturated carbocycles. The number of aromatic hydroxyl groups is 1. The molecule has 27 heteroatoms. The highest BCUT2D eigenvalue weighted by molar-refractivity contribution is 7.87. The SMILES string of the molecule is Cc1cc(N=Nc2cc(C)c(N=Nc3c(S(=O)(=O)O)cc4cc(N=Nc5ccccc5)ccc4c3O)cc2C)ccc1N=Nc1ccc(N=Nc2cc3c(S(=O)(=O)O)cc(S(=O)(=O)O)cc3cc2S(=O)(=O)O)c(C)c1. The molecule has 0 fully saturated rings. The van der Waals surface area contributed by atoms with E-state index in [1.165, 1.54) is 24.3 Å².